The number of aryl methyl sites for hydroxylation is 1. The molecule has 4 heteroatoms. The van der Waals surface area contributed by atoms with Gasteiger partial charge >= 0.3 is 0 Å². The summed E-state index contributed by atoms with van der Waals surface area (Å²) in [6, 6.07) is 0. The molecule has 1 heterocycles. The fourth-order valence-electron chi connectivity index (χ4n) is 0.673. The number of rotatable bonds is 2. The zero-order valence-electron chi connectivity index (χ0n) is 5.68. The molecule has 0 amide bonds. The molecular weight excluding hydrogens is 133 g/mol. The number of aromatic amines is 1. The molecule has 0 aromatic carbocycles. The maximum Gasteiger partial charge on any atom is 0.265 e. The Balaban J connectivity index is 2.69. The molecule has 0 aliphatic carbocycles. The molecule has 1 atom stereocenters. The third-order valence-corrected chi connectivity index (χ3v) is 1.84. The van der Waals surface area contributed by atoms with Crippen LogP contribution < -0.4 is 4.57 Å². The predicted octanol–water partition coefficient (Wildman–Crippen LogP) is 0.271. The summed E-state index contributed by atoms with van der Waals surface area (Å²) in [5, 5.41) is 6.75. The van der Waals surface area contributed by atoms with E-state index in [0.717, 1.165) is 20.7 Å². The van der Waals surface area contributed by atoms with Gasteiger partial charge in [0, 0.05) is 12.0 Å². The Morgan fingerprint density at radius 3 is 3.11 bits per heavy atom. The van der Waals surface area contributed by atoms with E-state index in [-0.39, 0.29) is 0 Å². The third-order valence-electron chi connectivity index (χ3n) is 1.18. The molecule has 3 nitrogen and oxygen atoms in total. The molecule has 0 radical (unpaired) electrons. The molecule has 1 aromatic heterocycles. The topological polar surface area (TPSA) is 32.6 Å². The first-order valence-electron chi connectivity index (χ1n) is 2.88. The van der Waals surface area contributed by atoms with E-state index in [1.807, 2.05) is 13.3 Å². The van der Waals surface area contributed by atoms with Crippen molar-refractivity contribution >= 4 is 8.58 Å². The largest absolute Gasteiger partial charge is 0.265 e. The quantitative estimate of drug-likeness (QED) is 0.469. The second-order valence-electron chi connectivity index (χ2n) is 1.92. The Kier molecular flexibility index (Phi) is 2.17. The lowest BCUT2D eigenvalue weighted by Gasteiger charge is -1.90. The predicted molar refractivity (Wildman–Crippen MR) is 37.8 cm³/mol. The molecule has 0 aliphatic rings. The van der Waals surface area contributed by atoms with E-state index < -0.39 is 0 Å². The summed E-state index contributed by atoms with van der Waals surface area (Å²) < 4.78 is 2.11. The van der Waals surface area contributed by atoms with Gasteiger partial charge in [-0.2, -0.15) is 0 Å². The zero-order valence-corrected chi connectivity index (χ0v) is 6.68. The fraction of sp³-hybridized carbons (Fsp3) is 0.600. The summed E-state index contributed by atoms with van der Waals surface area (Å²) >= 11 is 0. The maximum absolute atomic E-state index is 3.88. The molecule has 0 aliphatic heterocycles. The second kappa shape index (κ2) is 2.92. The first-order valence-corrected chi connectivity index (χ1v) is 4.59. The van der Waals surface area contributed by atoms with E-state index in [1.54, 1.807) is 0 Å². The lowest BCUT2D eigenvalue weighted by atomic mass is 10.7. The molecule has 0 spiro atoms. The Bertz CT molecular complexity index is 184. The number of H-pyrrole nitrogens is 1. The van der Waals surface area contributed by atoms with E-state index >= 15 is 0 Å². The molecular formula is C5H11N3P+. The van der Waals surface area contributed by atoms with Gasteiger partial charge in [-0.1, -0.05) is 8.58 Å². The molecule has 0 bridgehead atoms. The molecule has 1 rings (SSSR count). The van der Waals surface area contributed by atoms with E-state index in [4.69, 9.17) is 0 Å². The summed E-state index contributed by atoms with van der Waals surface area (Å²) in [4.78, 5) is 0. The van der Waals surface area contributed by atoms with E-state index in [2.05, 4.69) is 21.4 Å². The average Bonchev–Trinajstić information content (AvgIpc) is 2.18. The highest BCUT2D eigenvalue weighted by molar-refractivity contribution is 7.35. The molecule has 50 valence electrons. The van der Waals surface area contributed by atoms with Crippen LogP contribution in [0.1, 0.15) is 5.82 Å². The Morgan fingerprint density at radius 2 is 2.67 bits per heavy atom. The fourth-order valence-corrected chi connectivity index (χ4v) is 1.33. The van der Waals surface area contributed by atoms with Crippen LogP contribution in [0.15, 0.2) is 6.33 Å². The van der Waals surface area contributed by atoms with Crippen molar-refractivity contribution in [3.8, 4) is 0 Å². The van der Waals surface area contributed by atoms with Crippen LogP contribution in [0.5, 0.6) is 0 Å². The molecule has 0 fully saturated rings. The number of nitrogens with one attached hydrogen (secondary N) is 1. The molecule has 9 heavy (non-hydrogen) atoms. The van der Waals surface area contributed by atoms with Gasteiger partial charge in [-0.3, -0.25) is 0 Å². The van der Waals surface area contributed by atoms with Gasteiger partial charge in [0.05, 0.1) is 6.29 Å². The van der Waals surface area contributed by atoms with Crippen molar-refractivity contribution in [2.45, 2.75) is 13.2 Å². The smallest absolute Gasteiger partial charge is 0.231 e. The van der Waals surface area contributed by atoms with Gasteiger partial charge in [0.2, 0.25) is 5.82 Å². The van der Waals surface area contributed by atoms with Crippen molar-refractivity contribution in [1.82, 2.24) is 10.2 Å². The molecule has 1 N–H and O–H groups in total. The summed E-state index contributed by atoms with van der Waals surface area (Å²) in [6.07, 6.45) is 2.91. The second-order valence-corrected chi connectivity index (χ2v) is 2.95. The first kappa shape index (κ1) is 6.69. The monoisotopic (exact) mass is 144 g/mol. The first-order chi connectivity index (χ1) is 4.34. The van der Waals surface area contributed by atoms with Gasteiger partial charge in [0.1, 0.15) is 0 Å². The van der Waals surface area contributed by atoms with Crippen LogP contribution in [0.4, 0.5) is 0 Å². The molecule has 1 aromatic rings. The SMILES string of the molecule is CPC[n+]1cn[nH]c1C. The van der Waals surface area contributed by atoms with Gasteiger partial charge in [-0.05, 0) is 6.66 Å². The van der Waals surface area contributed by atoms with Crippen molar-refractivity contribution in [2.24, 2.45) is 0 Å². The highest BCUT2D eigenvalue weighted by Crippen LogP contribution is 1.99. The van der Waals surface area contributed by atoms with Crippen LogP contribution in [0.3, 0.4) is 0 Å². The van der Waals surface area contributed by atoms with Crippen LogP contribution in [0, 0.1) is 6.92 Å². The third kappa shape index (κ3) is 1.49. The summed E-state index contributed by atoms with van der Waals surface area (Å²) in [7, 11) is 0.952. The molecule has 0 saturated heterocycles. The number of aromatic nitrogens is 3. The summed E-state index contributed by atoms with van der Waals surface area (Å²) in [6.45, 7) is 4.20. The highest BCUT2D eigenvalue weighted by atomic mass is 31.1. The van der Waals surface area contributed by atoms with E-state index in [1.165, 1.54) is 0 Å². The van der Waals surface area contributed by atoms with Crippen LogP contribution in [-0.2, 0) is 6.29 Å². The van der Waals surface area contributed by atoms with Crippen molar-refractivity contribution < 1.29 is 4.57 Å². The highest BCUT2D eigenvalue weighted by Gasteiger charge is 2.00. The van der Waals surface area contributed by atoms with Crippen molar-refractivity contribution in [1.29, 1.82) is 0 Å². The van der Waals surface area contributed by atoms with Crippen LogP contribution in [0.25, 0.3) is 0 Å². The minimum Gasteiger partial charge on any atom is -0.231 e. The Hall–Kier alpha value is -0.430. The zero-order chi connectivity index (χ0) is 6.69. The van der Waals surface area contributed by atoms with Crippen molar-refractivity contribution in [2.75, 3.05) is 6.66 Å². The summed E-state index contributed by atoms with van der Waals surface area (Å²) in [5.74, 6) is 1.13. The van der Waals surface area contributed by atoms with Gasteiger partial charge in [0.25, 0.3) is 6.33 Å². The van der Waals surface area contributed by atoms with E-state index in [9.17, 15) is 0 Å². The molecule has 0 saturated carbocycles. The normalized spacial score (nSPS) is 11.3. The number of nitrogens with zero attached hydrogens (tertiary/aromatic N) is 2. The maximum atomic E-state index is 3.88. The van der Waals surface area contributed by atoms with Gasteiger partial charge in [0.15, 0.2) is 0 Å². The summed E-state index contributed by atoms with van der Waals surface area (Å²) in [5.41, 5.74) is 0. The van der Waals surface area contributed by atoms with Crippen molar-refractivity contribution in [3.05, 3.63) is 12.2 Å². The van der Waals surface area contributed by atoms with Gasteiger partial charge in [-0.25, -0.2) is 4.57 Å². The van der Waals surface area contributed by atoms with E-state index in [0.29, 0.717) is 0 Å². The lowest BCUT2D eigenvalue weighted by molar-refractivity contribution is -0.683. The van der Waals surface area contributed by atoms with Crippen molar-refractivity contribution in [3.63, 3.8) is 0 Å². The number of hydrogen-bond donors (Lipinski definition) is 1. The molecule has 1 unspecified atom stereocenters. The standard InChI is InChI=1S/C5H10N3P/c1-5-7-6-3-8(5)4-9-2/h3,9H,4H2,1-2H3/p+1. The Labute approximate surface area is 56.3 Å². The van der Waals surface area contributed by atoms with Crippen LogP contribution in [-0.4, -0.2) is 16.9 Å². The average molecular weight is 144 g/mol. The minimum atomic E-state index is 0.952. The minimum absolute atomic E-state index is 0.952. The number of hydrogen-bond acceptors (Lipinski definition) is 1. The Morgan fingerprint density at radius 1 is 1.89 bits per heavy atom. The van der Waals surface area contributed by atoms with Gasteiger partial charge in [-0.15, -0.1) is 5.10 Å². The lowest BCUT2D eigenvalue weighted by Crippen LogP contribution is -2.32. The van der Waals surface area contributed by atoms with Gasteiger partial charge < -0.3 is 0 Å². The van der Waals surface area contributed by atoms with Crippen LogP contribution in [0.2, 0.25) is 0 Å². The van der Waals surface area contributed by atoms with Crippen LogP contribution >= 0.6 is 8.58 Å².